The van der Waals surface area contributed by atoms with Crippen LogP contribution in [0.25, 0.3) is 0 Å². The zero-order valence-corrected chi connectivity index (χ0v) is 22.8. The Hall–Kier alpha value is -2.79. The molecule has 0 saturated heterocycles. The van der Waals surface area contributed by atoms with Gasteiger partial charge in [-0.3, -0.25) is 13.9 Å². The van der Waals surface area contributed by atoms with Gasteiger partial charge in [0.15, 0.2) is 0 Å². The highest BCUT2D eigenvalue weighted by molar-refractivity contribution is 7.92. The lowest BCUT2D eigenvalue weighted by Crippen LogP contribution is -2.52. The largest absolute Gasteiger partial charge is 0.417 e. The first-order valence-electron chi connectivity index (χ1n) is 11.5. The van der Waals surface area contributed by atoms with Gasteiger partial charge in [-0.05, 0) is 56.5 Å². The maximum atomic E-state index is 13.5. The molecule has 0 fully saturated rings. The van der Waals surface area contributed by atoms with Crippen LogP contribution < -0.4 is 9.62 Å². The van der Waals surface area contributed by atoms with E-state index in [0.29, 0.717) is 16.8 Å². The zero-order valence-electron chi connectivity index (χ0n) is 21.3. The van der Waals surface area contributed by atoms with Gasteiger partial charge in [-0.2, -0.15) is 13.2 Å². The van der Waals surface area contributed by atoms with Crippen molar-refractivity contribution < 1.29 is 31.2 Å². The maximum absolute atomic E-state index is 13.5. The third-order valence-electron chi connectivity index (χ3n) is 5.99. The van der Waals surface area contributed by atoms with E-state index in [-0.39, 0.29) is 18.3 Å². The monoisotopic (exact) mass is 561 g/mol. The summed E-state index contributed by atoms with van der Waals surface area (Å²) in [5.74, 6) is -1.20. The van der Waals surface area contributed by atoms with Crippen LogP contribution in [-0.4, -0.2) is 50.0 Å². The van der Waals surface area contributed by atoms with Crippen LogP contribution >= 0.6 is 11.6 Å². The number of amides is 2. The first kappa shape index (κ1) is 30.4. The average molecular weight is 562 g/mol. The molecule has 0 aliphatic heterocycles. The summed E-state index contributed by atoms with van der Waals surface area (Å²) in [4.78, 5) is 27.7. The summed E-state index contributed by atoms with van der Waals surface area (Å²) in [5, 5.41) is 2.20. The lowest BCUT2D eigenvalue weighted by atomic mass is 10.1. The van der Waals surface area contributed by atoms with Crippen LogP contribution in [0.3, 0.4) is 0 Å². The van der Waals surface area contributed by atoms with Crippen molar-refractivity contribution in [3.63, 3.8) is 0 Å². The van der Waals surface area contributed by atoms with Crippen molar-refractivity contribution in [3.05, 3.63) is 64.2 Å². The predicted molar refractivity (Wildman–Crippen MR) is 138 cm³/mol. The summed E-state index contributed by atoms with van der Waals surface area (Å²) in [7, 11) is -4.20. The van der Waals surface area contributed by atoms with E-state index in [9.17, 15) is 31.2 Å². The SMILES string of the molecule is CC[C@H](C)NC(=O)[C@H](C)N(Cc1ccccc1C)C(=O)CN(c1ccc(Cl)c(C(F)(F)F)c1)S(C)(=O)=O. The van der Waals surface area contributed by atoms with Crippen molar-refractivity contribution in [2.24, 2.45) is 0 Å². The molecule has 2 amide bonds. The first-order valence-corrected chi connectivity index (χ1v) is 13.8. The molecule has 0 aromatic heterocycles. The van der Waals surface area contributed by atoms with E-state index in [1.54, 1.807) is 12.1 Å². The molecule has 7 nitrogen and oxygen atoms in total. The molecule has 0 unspecified atom stereocenters. The van der Waals surface area contributed by atoms with Crippen LogP contribution in [0.4, 0.5) is 18.9 Å². The summed E-state index contributed by atoms with van der Waals surface area (Å²) in [5.41, 5.74) is -0.0240. The zero-order chi connectivity index (χ0) is 28.1. The van der Waals surface area contributed by atoms with Crippen LogP contribution in [0, 0.1) is 6.92 Å². The quantitative estimate of drug-likeness (QED) is 0.453. The number of carbonyl (C=O) groups is 2. The number of halogens is 4. The summed E-state index contributed by atoms with van der Waals surface area (Å²) >= 11 is 5.68. The average Bonchev–Trinajstić information content (AvgIpc) is 2.80. The van der Waals surface area contributed by atoms with Crippen molar-refractivity contribution in [2.75, 3.05) is 17.1 Å². The highest BCUT2D eigenvalue weighted by atomic mass is 35.5. The van der Waals surface area contributed by atoms with Gasteiger partial charge in [0, 0.05) is 12.6 Å². The number of nitrogens with zero attached hydrogens (tertiary/aromatic N) is 2. The summed E-state index contributed by atoms with van der Waals surface area (Å²) in [6.45, 7) is 6.22. The third-order valence-corrected chi connectivity index (χ3v) is 7.46. The standard InChI is InChI=1S/C25H31ClF3N3O4S/c1-6-17(3)30-24(34)18(4)31(14-19-10-8-7-9-16(19)2)23(33)15-32(37(5,35)36)20-11-12-22(26)21(13-20)25(27,28)29/h7-13,17-18H,6,14-15H2,1-5H3,(H,30,34)/t17-,18-/m0/s1. The fraction of sp³-hybridized carbons (Fsp3) is 0.440. The van der Waals surface area contributed by atoms with Crippen LogP contribution in [-0.2, 0) is 32.3 Å². The van der Waals surface area contributed by atoms with E-state index in [1.165, 1.54) is 11.8 Å². The van der Waals surface area contributed by atoms with Gasteiger partial charge in [-0.15, -0.1) is 0 Å². The Morgan fingerprint density at radius 2 is 1.73 bits per heavy atom. The molecule has 0 saturated carbocycles. The molecule has 0 aliphatic carbocycles. The van der Waals surface area contributed by atoms with E-state index in [2.05, 4.69) is 5.32 Å². The molecule has 37 heavy (non-hydrogen) atoms. The summed E-state index contributed by atoms with van der Waals surface area (Å²) in [6, 6.07) is 8.65. The molecule has 0 radical (unpaired) electrons. The summed E-state index contributed by atoms with van der Waals surface area (Å²) < 4.78 is 66.0. The van der Waals surface area contributed by atoms with Crippen LogP contribution in [0.5, 0.6) is 0 Å². The minimum atomic E-state index is -4.83. The van der Waals surface area contributed by atoms with Gasteiger partial charge in [-0.1, -0.05) is 42.8 Å². The van der Waals surface area contributed by atoms with Crippen molar-refractivity contribution in [1.82, 2.24) is 10.2 Å². The van der Waals surface area contributed by atoms with Gasteiger partial charge >= 0.3 is 6.18 Å². The Morgan fingerprint density at radius 1 is 1.11 bits per heavy atom. The van der Waals surface area contributed by atoms with Gasteiger partial charge in [0.1, 0.15) is 12.6 Å². The van der Waals surface area contributed by atoms with E-state index >= 15 is 0 Å². The molecule has 0 spiro atoms. The van der Waals surface area contributed by atoms with Crippen LogP contribution in [0.2, 0.25) is 5.02 Å². The Kier molecular flexibility index (Phi) is 10.0. The van der Waals surface area contributed by atoms with Gasteiger partial charge < -0.3 is 10.2 Å². The maximum Gasteiger partial charge on any atom is 0.417 e. The molecule has 1 N–H and O–H groups in total. The van der Waals surface area contributed by atoms with Gasteiger partial charge in [0.2, 0.25) is 21.8 Å². The molecule has 2 atom stereocenters. The Bertz CT molecular complexity index is 1240. The van der Waals surface area contributed by atoms with E-state index in [0.717, 1.165) is 29.5 Å². The molecule has 12 heteroatoms. The summed E-state index contributed by atoms with van der Waals surface area (Å²) in [6.07, 6.45) is -3.39. The highest BCUT2D eigenvalue weighted by Crippen LogP contribution is 2.37. The molecule has 2 aromatic rings. The number of sulfonamides is 1. The minimum Gasteiger partial charge on any atom is -0.352 e. The Balaban J connectivity index is 2.49. The number of alkyl halides is 3. The van der Waals surface area contributed by atoms with Crippen molar-refractivity contribution in [1.29, 1.82) is 0 Å². The molecular formula is C25H31ClF3N3O4S. The second-order valence-electron chi connectivity index (χ2n) is 8.87. The van der Waals surface area contributed by atoms with Crippen LogP contribution in [0.1, 0.15) is 43.9 Å². The smallest absolute Gasteiger partial charge is 0.352 e. The number of hydrogen-bond acceptors (Lipinski definition) is 4. The number of carbonyl (C=O) groups excluding carboxylic acids is 2. The fourth-order valence-corrected chi connectivity index (χ4v) is 4.58. The molecule has 204 valence electrons. The van der Waals surface area contributed by atoms with Crippen molar-refractivity contribution in [2.45, 2.75) is 58.9 Å². The predicted octanol–water partition coefficient (Wildman–Crippen LogP) is 4.77. The molecule has 2 aromatic carbocycles. The second-order valence-corrected chi connectivity index (χ2v) is 11.2. The van der Waals surface area contributed by atoms with Crippen molar-refractivity contribution in [3.8, 4) is 0 Å². The minimum absolute atomic E-state index is 0.00732. The van der Waals surface area contributed by atoms with Gasteiger partial charge in [0.05, 0.1) is 22.5 Å². The number of aryl methyl sites for hydroxylation is 1. The molecule has 2 rings (SSSR count). The molecule has 0 bridgehead atoms. The molecule has 0 aliphatic rings. The topological polar surface area (TPSA) is 86.8 Å². The number of hydrogen-bond donors (Lipinski definition) is 1. The van der Waals surface area contributed by atoms with E-state index in [4.69, 9.17) is 11.6 Å². The first-order chi connectivity index (χ1) is 17.1. The number of nitrogens with one attached hydrogen (secondary N) is 1. The Morgan fingerprint density at radius 3 is 2.27 bits per heavy atom. The number of rotatable bonds is 10. The fourth-order valence-electron chi connectivity index (χ4n) is 3.52. The second kappa shape index (κ2) is 12.2. The lowest BCUT2D eigenvalue weighted by molar-refractivity contribution is -0.139. The van der Waals surface area contributed by atoms with Gasteiger partial charge in [-0.25, -0.2) is 8.42 Å². The molecule has 0 heterocycles. The highest BCUT2D eigenvalue weighted by Gasteiger charge is 2.35. The lowest BCUT2D eigenvalue weighted by Gasteiger charge is -2.32. The third kappa shape index (κ3) is 8.10. The van der Waals surface area contributed by atoms with Gasteiger partial charge in [0.25, 0.3) is 0 Å². The van der Waals surface area contributed by atoms with Crippen LogP contribution in [0.15, 0.2) is 42.5 Å². The normalized spacial score (nSPS) is 13.5. The van der Waals surface area contributed by atoms with E-state index < -0.39 is 51.2 Å². The molecular weight excluding hydrogens is 531 g/mol. The Labute approximate surface area is 220 Å². The number of benzene rings is 2. The van der Waals surface area contributed by atoms with Crippen molar-refractivity contribution >= 4 is 39.1 Å². The van der Waals surface area contributed by atoms with E-state index in [1.807, 2.05) is 32.9 Å². The number of anilines is 1.